The number of carbonyl (C=O) groups excluding carboxylic acids is 1. The Hall–Kier alpha value is -2.21. The minimum Gasteiger partial charge on any atom is -0.339 e. The van der Waals surface area contributed by atoms with Crippen molar-refractivity contribution in [3.63, 3.8) is 0 Å². The number of hydrogen-bond acceptors (Lipinski definition) is 4. The van der Waals surface area contributed by atoms with Crippen LogP contribution in [0.1, 0.15) is 25.2 Å². The first-order valence-corrected chi connectivity index (χ1v) is 8.05. The first-order chi connectivity index (χ1) is 11.0. The fraction of sp³-hybridized carbons (Fsp3) is 0.471. The summed E-state index contributed by atoms with van der Waals surface area (Å²) in [5, 5.41) is 11.9. The van der Waals surface area contributed by atoms with Gasteiger partial charge in [-0.2, -0.15) is 0 Å². The molecule has 0 radical (unpaired) electrons. The van der Waals surface area contributed by atoms with Crippen LogP contribution in [-0.4, -0.2) is 51.0 Å². The van der Waals surface area contributed by atoms with Crippen molar-refractivity contribution in [1.29, 1.82) is 0 Å². The Morgan fingerprint density at radius 1 is 1.22 bits per heavy atom. The average molecular weight is 313 g/mol. The van der Waals surface area contributed by atoms with Crippen molar-refractivity contribution in [2.45, 2.75) is 39.3 Å². The van der Waals surface area contributed by atoms with Crippen molar-refractivity contribution in [3.05, 3.63) is 41.7 Å². The predicted molar refractivity (Wildman–Crippen MR) is 88.4 cm³/mol. The third-order valence-corrected chi connectivity index (χ3v) is 4.22. The van der Waals surface area contributed by atoms with Crippen LogP contribution in [0.25, 0.3) is 5.69 Å². The molecule has 1 aliphatic heterocycles. The van der Waals surface area contributed by atoms with Crippen LogP contribution < -0.4 is 5.32 Å². The van der Waals surface area contributed by atoms with E-state index in [-0.39, 0.29) is 5.91 Å². The van der Waals surface area contributed by atoms with Crippen LogP contribution in [0.3, 0.4) is 0 Å². The van der Waals surface area contributed by atoms with Crippen LogP contribution in [0.2, 0.25) is 0 Å². The van der Waals surface area contributed by atoms with Gasteiger partial charge in [0.15, 0.2) is 0 Å². The Bertz CT molecular complexity index is 672. The van der Waals surface area contributed by atoms with Crippen molar-refractivity contribution in [2.75, 3.05) is 13.1 Å². The van der Waals surface area contributed by atoms with E-state index >= 15 is 0 Å². The maximum Gasteiger partial charge on any atom is 0.228 e. The number of piperazine rings is 1. The third-order valence-electron chi connectivity index (χ3n) is 4.22. The maximum absolute atomic E-state index is 12.6. The van der Waals surface area contributed by atoms with E-state index in [0.29, 0.717) is 18.5 Å². The summed E-state index contributed by atoms with van der Waals surface area (Å²) >= 11 is 0. The summed E-state index contributed by atoms with van der Waals surface area (Å²) in [4.78, 5) is 14.5. The smallest absolute Gasteiger partial charge is 0.228 e. The van der Waals surface area contributed by atoms with Gasteiger partial charge in [0.25, 0.3) is 0 Å². The fourth-order valence-electron chi connectivity index (χ4n) is 3.12. The molecule has 23 heavy (non-hydrogen) atoms. The number of carbonyl (C=O) groups is 1. The van der Waals surface area contributed by atoms with Gasteiger partial charge in [0.1, 0.15) is 0 Å². The fourth-order valence-corrected chi connectivity index (χ4v) is 3.12. The second-order valence-corrected chi connectivity index (χ2v) is 6.31. The lowest BCUT2D eigenvalue weighted by molar-refractivity contribution is -0.132. The van der Waals surface area contributed by atoms with Gasteiger partial charge in [0.05, 0.1) is 23.5 Å². The Kier molecular flexibility index (Phi) is 4.43. The SMILES string of the molecule is Cc1c(CC(=O)N2CC(C)NC(C)C2)nnn1-c1ccccc1. The van der Waals surface area contributed by atoms with Gasteiger partial charge in [0.2, 0.25) is 5.91 Å². The summed E-state index contributed by atoms with van der Waals surface area (Å²) in [5.74, 6) is 0.119. The van der Waals surface area contributed by atoms with Crippen molar-refractivity contribution < 1.29 is 4.79 Å². The van der Waals surface area contributed by atoms with E-state index in [1.165, 1.54) is 0 Å². The van der Waals surface area contributed by atoms with Gasteiger partial charge in [-0.3, -0.25) is 4.79 Å². The molecule has 1 aliphatic rings. The number of amides is 1. The minimum atomic E-state index is 0.119. The van der Waals surface area contributed by atoms with E-state index in [1.54, 1.807) is 4.68 Å². The predicted octanol–water partition coefficient (Wildman–Crippen LogP) is 1.33. The average Bonchev–Trinajstić information content (AvgIpc) is 2.88. The molecule has 0 bridgehead atoms. The number of rotatable bonds is 3. The number of hydrogen-bond donors (Lipinski definition) is 1. The van der Waals surface area contributed by atoms with Crippen LogP contribution in [0.4, 0.5) is 0 Å². The summed E-state index contributed by atoms with van der Waals surface area (Å²) in [5.41, 5.74) is 2.62. The zero-order chi connectivity index (χ0) is 16.4. The molecule has 0 spiro atoms. The van der Waals surface area contributed by atoms with E-state index in [9.17, 15) is 4.79 Å². The van der Waals surface area contributed by atoms with E-state index in [4.69, 9.17) is 0 Å². The number of benzene rings is 1. The zero-order valence-electron chi connectivity index (χ0n) is 13.9. The second-order valence-electron chi connectivity index (χ2n) is 6.31. The highest BCUT2D eigenvalue weighted by Crippen LogP contribution is 2.14. The summed E-state index contributed by atoms with van der Waals surface area (Å²) in [7, 11) is 0. The molecule has 2 atom stereocenters. The molecule has 1 saturated heterocycles. The molecular weight excluding hydrogens is 290 g/mol. The standard InChI is InChI=1S/C17H23N5O/c1-12-10-21(11-13(2)18-12)17(23)9-16-14(3)22(20-19-16)15-7-5-4-6-8-15/h4-8,12-13,18H,9-11H2,1-3H3. The zero-order valence-corrected chi connectivity index (χ0v) is 13.9. The Balaban J connectivity index is 1.74. The summed E-state index contributed by atoms with van der Waals surface area (Å²) in [6.07, 6.45) is 0.304. The van der Waals surface area contributed by atoms with Gasteiger partial charge in [-0.05, 0) is 32.9 Å². The van der Waals surface area contributed by atoms with E-state index in [0.717, 1.165) is 30.2 Å². The monoisotopic (exact) mass is 313 g/mol. The van der Waals surface area contributed by atoms with E-state index in [1.807, 2.05) is 42.2 Å². The van der Waals surface area contributed by atoms with Gasteiger partial charge in [-0.15, -0.1) is 5.10 Å². The molecule has 0 saturated carbocycles. The lowest BCUT2D eigenvalue weighted by Crippen LogP contribution is -2.56. The summed E-state index contributed by atoms with van der Waals surface area (Å²) in [6.45, 7) is 7.66. The number of para-hydroxylation sites is 1. The van der Waals surface area contributed by atoms with Gasteiger partial charge >= 0.3 is 0 Å². The van der Waals surface area contributed by atoms with Gasteiger partial charge < -0.3 is 10.2 Å². The molecule has 1 aromatic heterocycles. The quantitative estimate of drug-likeness (QED) is 0.928. The van der Waals surface area contributed by atoms with E-state index < -0.39 is 0 Å². The normalized spacial score (nSPS) is 21.4. The van der Waals surface area contributed by atoms with Crippen molar-refractivity contribution >= 4 is 5.91 Å². The van der Waals surface area contributed by atoms with Crippen molar-refractivity contribution in [3.8, 4) is 5.69 Å². The molecule has 122 valence electrons. The first kappa shape index (κ1) is 15.7. The molecule has 2 heterocycles. The maximum atomic E-state index is 12.6. The highest BCUT2D eigenvalue weighted by Gasteiger charge is 2.26. The number of nitrogens with one attached hydrogen (secondary N) is 1. The summed E-state index contributed by atoms with van der Waals surface area (Å²) < 4.78 is 1.78. The first-order valence-electron chi connectivity index (χ1n) is 8.05. The van der Waals surface area contributed by atoms with Crippen LogP contribution in [0.5, 0.6) is 0 Å². The Labute approximate surface area is 136 Å². The molecular formula is C17H23N5O. The molecule has 6 nitrogen and oxygen atoms in total. The van der Waals surface area contributed by atoms with Gasteiger partial charge in [-0.1, -0.05) is 23.4 Å². The molecule has 6 heteroatoms. The number of aromatic nitrogens is 3. The molecule has 3 rings (SSSR count). The lowest BCUT2D eigenvalue weighted by Gasteiger charge is -2.36. The van der Waals surface area contributed by atoms with Crippen LogP contribution in [-0.2, 0) is 11.2 Å². The molecule has 2 aromatic rings. The third kappa shape index (κ3) is 3.42. The Morgan fingerprint density at radius 2 is 1.87 bits per heavy atom. The van der Waals surface area contributed by atoms with Crippen molar-refractivity contribution in [1.82, 2.24) is 25.2 Å². The largest absolute Gasteiger partial charge is 0.339 e. The lowest BCUT2D eigenvalue weighted by atomic mass is 10.1. The second kappa shape index (κ2) is 6.50. The Morgan fingerprint density at radius 3 is 2.52 bits per heavy atom. The highest BCUT2D eigenvalue weighted by molar-refractivity contribution is 5.78. The summed E-state index contributed by atoms with van der Waals surface area (Å²) in [6, 6.07) is 10.5. The molecule has 1 amide bonds. The minimum absolute atomic E-state index is 0.119. The van der Waals surface area contributed by atoms with Gasteiger partial charge in [0, 0.05) is 25.2 Å². The van der Waals surface area contributed by atoms with E-state index in [2.05, 4.69) is 29.5 Å². The molecule has 1 N–H and O–H groups in total. The highest BCUT2D eigenvalue weighted by atomic mass is 16.2. The topological polar surface area (TPSA) is 63.1 Å². The molecule has 0 aliphatic carbocycles. The van der Waals surface area contributed by atoms with Crippen LogP contribution in [0.15, 0.2) is 30.3 Å². The molecule has 1 aromatic carbocycles. The molecule has 2 unspecified atom stereocenters. The molecule has 1 fully saturated rings. The van der Waals surface area contributed by atoms with Gasteiger partial charge in [-0.25, -0.2) is 4.68 Å². The van der Waals surface area contributed by atoms with Crippen molar-refractivity contribution in [2.24, 2.45) is 0 Å². The van der Waals surface area contributed by atoms with Crippen LogP contribution >= 0.6 is 0 Å². The number of nitrogens with zero attached hydrogens (tertiary/aromatic N) is 4. The van der Waals surface area contributed by atoms with Crippen LogP contribution in [0, 0.1) is 6.92 Å².